The number of hydrogen-bond acceptors (Lipinski definition) is 3. The Balaban J connectivity index is 2.55. The monoisotopic (exact) mass is 240 g/mol. The van der Waals surface area contributed by atoms with Gasteiger partial charge in [0.05, 0.1) is 6.54 Å². The van der Waals surface area contributed by atoms with Crippen LogP contribution in [0.4, 0.5) is 0 Å². The van der Waals surface area contributed by atoms with Crippen molar-refractivity contribution in [3.05, 3.63) is 28.4 Å². The van der Waals surface area contributed by atoms with Crippen molar-refractivity contribution in [2.45, 2.75) is 6.54 Å². The normalized spacial score (nSPS) is 10.9. The highest BCUT2D eigenvalue weighted by Gasteiger charge is 2.06. The van der Waals surface area contributed by atoms with Gasteiger partial charge in [-0.2, -0.15) is 0 Å². The van der Waals surface area contributed by atoms with Crippen LogP contribution in [0.3, 0.4) is 0 Å². The van der Waals surface area contributed by atoms with Gasteiger partial charge < -0.3 is 9.84 Å². The van der Waals surface area contributed by atoms with Gasteiger partial charge in [0.15, 0.2) is 5.76 Å². The first-order valence-corrected chi connectivity index (χ1v) is 4.79. The van der Waals surface area contributed by atoms with Gasteiger partial charge in [-0.25, -0.2) is 0 Å². The van der Waals surface area contributed by atoms with Crippen LogP contribution in [0.2, 0.25) is 0 Å². The number of fused-ring (bicyclic) bond motifs is 1. The minimum absolute atomic E-state index is 0.706. The summed E-state index contributed by atoms with van der Waals surface area (Å²) in [6, 6.07) is 5.93. The number of nitrogens with one attached hydrogen (secondary N) is 1. The Bertz CT molecular complexity index is 424. The summed E-state index contributed by atoms with van der Waals surface area (Å²) in [6.45, 7) is 0.706. The van der Waals surface area contributed by atoms with Crippen molar-refractivity contribution >= 4 is 26.8 Å². The van der Waals surface area contributed by atoms with E-state index in [0.717, 1.165) is 21.1 Å². The van der Waals surface area contributed by atoms with Gasteiger partial charge in [0.1, 0.15) is 5.52 Å². The Labute approximate surface area is 84.2 Å². The van der Waals surface area contributed by atoms with Gasteiger partial charge >= 0.3 is 0 Å². The van der Waals surface area contributed by atoms with E-state index in [1.165, 1.54) is 0 Å². The second-order valence-electron chi connectivity index (χ2n) is 2.80. The number of nitrogens with zero attached hydrogens (tertiary/aromatic N) is 1. The molecule has 0 amide bonds. The maximum Gasteiger partial charge on any atom is 0.158 e. The molecule has 0 aliphatic heterocycles. The summed E-state index contributed by atoms with van der Waals surface area (Å²) < 4.78 is 6.20. The molecule has 2 rings (SSSR count). The number of rotatable bonds is 2. The molecule has 0 aliphatic carbocycles. The first-order chi connectivity index (χ1) is 6.31. The zero-order valence-corrected chi connectivity index (χ0v) is 8.76. The standard InChI is InChI=1S/C9H9BrN2O/c1-11-5-9-7-3-2-6(10)4-8(7)12-13-9/h2-4,11H,5H2,1H3. The number of benzene rings is 1. The van der Waals surface area contributed by atoms with E-state index < -0.39 is 0 Å². The van der Waals surface area contributed by atoms with Gasteiger partial charge in [-0.3, -0.25) is 0 Å². The topological polar surface area (TPSA) is 38.1 Å². The van der Waals surface area contributed by atoms with Crippen LogP contribution in [-0.2, 0) is 6.54 Å². The van der Waals surface area contributed by atoms with Crippen LogP contribution in [0.15, 0.2) is 27.2 Å². The molecular formula is C9H9BrN2O. The van der Waals surface area contributed by atoms with Crippen LogP contribution >= 0.6 is 15.9 Å². The van der Waals surface area contributed by atoms with Crippen LogP contribution < -0.4 is 5.32 Å². The van der Waals surface area contributed by atoms with Crippen LogP contribution in [0.1, 0.15) is 5.76 Å². The molecule has 0 radical (unpaired) electrons. The molecule has 0 saturated heterocycles. The Kier molecular flexibility index (Phi) is 2.33. The van der Waals surface area contributed by atoms with Crippen molar-refractivity contribution < 1.29 is 4.52 Å². The van der Waals surface area contributed by atoms with E-state index in [4.69, 9.17) is 4.52 Å². The first kappa shape index (κ1) is 8.72. The third-order valence-corrected chi connectivity index (χ3v) is 2.34. The fraction of sp³-hybridized carbons (Fsp3) is 0.222. The van der Waals surface area contributed by atoms with Gasteiger partial charge in [-0.1, -0.05) is 21.1 Å². The van der Waals surface area contributed by atoms with E-state index in [1.54, 1.807) is 0 Å². The molecule has 3 nitrogen and oxygen atoms in total. The summed E-state index contributed by atoms with van der Waals surface area (Å²) in [5.41, 5.74) is 0.889. The van der Waals surface area contributed by atoms with Crippen LogP contribution in [0, 0.1) is 0 Å². The molecule has 0 saturated carbocycles. The molecule has 0 spiro atoms. The lowest BCUT2D eigenvalue weighted by Gasteiger charge is -1.93. The molecule has 0 bridgehead atoms. The maximum atomic E-state index is 5.18. The highest BCUT2D eigenvalue weighted by molar-refractivity contribution is 9.10. The fourth-order valence-corrected chi connectivity index (χ4v) is 1.61. The predicted molar refractivity (Wildman–Crippen MR) is 54.5 cm³/mol. The Hall–Kier alpha value is -0.870. The van der Waals surface area contributed by atoms with E-state index in [9.17, 15) is 0 Å². The zero-order chi connectivity index (χ0) is 9.26. The largest absolute Gasteiger partial charge is 0.359 e. The van der Waals surface area contributed by atoms with E-state index in [0.29, 0.717) is 6.54 Å². The second kappa shape index (κ2) is 3.47. The van der Waals surface area contributed by atoms with Crippen molar-refractivity contribution in [2.75, 3.05) is 7.05 Å². The first-order valence-electron chi connectivity index (χ1n) is 3.99. The number of halogens is 1. The molecule has 1 heterocycles. The second-order valence-corrected chi connectivity index (χ2v) is 3.71. The molecule has 0 atom stereocenters. The van der Waals surface area contributed by atoms with E-state index in [2.05, 4.69) is 26.4 Å². The molecule has 1 aromatic carbocycles. The molecule has 68 valence electrons. The smallest absolute Gasteiger partial charge is 0.158 e. The summed E-state index contributed by atoms with van der Waals surface area (Å²) in [6.07, 6.45) is 0. The lowest BCUT2D eigenvalue weighted by molar-refractivity contribution is 0.385. The van der Waals surface area contributed by atoms with Crippen molar-refractivity contribution in [3.8, 4) is 0 Å². The third kappa shape index (κ3) is 1.59. The lowest BCUT2D eigenvalue weighted by atomic mass is 10.2. The molecular weight excluding hydrogens is 232 g/mol. The van der Waals surface area contributed by atoms with Crippen molar-refractivity contribution in [3.63, 3.8) is 0 Å². The molecule has 4 heteroatoms. The fourth-order valence-electron chi connectivity index (χ4n) is 1.26. The minimum atomic E-state index is 0.706. The minimum Gasteiger partial charge on any atom is -0.359 e. The molecule has 0 unspecified atom stereocenters. The molecule has 2 aromatic rings. The van der Waals surface area contributed by atoms with Gasteiger partial charge in [0.2, 0.25) is 0 Å². The third-order valence-electron chi connectivity index (χ3n) is 1.85. The predicted octanol–water partition coefficient (Wildman–Crippen LogP) is 2.31. The van der Waals surface area contributed by atoms with Crippen LogP contribution in [0.5, 0.6) is 0 Å². The van der Waals surface area contributed by atoms with Crippen molar-refractivity contribution in [1.82, 2.24) is 10.5 Å². The zero-order valence-electron chi connectivity index (χ0n) is 7.17. The molecule has 1 aromatic heterocycles. The molecule has 0 fully saturated rings. The quantitative estimate of drug-likeness (QED) is 0.876. The summed E-state index contributed by atoms with van der Waals surface area (Å²) in [7, 11) is 1.88. The summed E-state index contributed by atoms with van der Waals surface area (Å²) in [5.74, 6) is 0.880. The molecule has 0 aliphatic rings. The Morgan fingerprint density at radius 1 is 1.54 bits per heavy atom. The van der Waals surface area contributed by atoms with Gasteiger partial charge in [0, 0.05) is 9.86 Å². The summed E-state index contributed by atoms with van der Waals surface area (Å²) >= 11 is 3.38. The van der Waals surface area contributed by atoms with Crippen molar-refractivity contribution in [2.24, 2.45) is 0 Å². The maximum absolute atomic E-state index is 5.18. The average molecular weight is 241 g/mol. The average Bonchev–Trinajstić information content (AvgIpc) is 2.49. The Morgan fingerprint density at radius 2 is 2.38 bits per heavy atom. The van der Waals surface area contributed by atoms with E-state index in [1.807, 2.05) is 25.2 Å². The summed E-state index contributed by atoms with van der Waals surface area (Å²) in [4.78, 5) is 0. The summed E-state index contributed by atoms with van der Waals surface area (Å²) in [5, 5.41) is 8.05. The van der Waals surface area contributed by atoms with Crippen LogP contribution in [0.25, 0.3) is 10.9 Å². The van der Waals surface area contributed by atoms with Crippen molar-refractivity contribution in [1.29, 1.82) is 0 Å². The SMILES string of the molecule is CNCc1onc2cc(Br)ccc12. The van der Waals surface area contributed by atoms with Gasteiger partial charge in [-0.05, 0) is 25.2 Å². The van der Waals surface area contributed by atoms with Crippen LogP contribution in [-0.4, -0.2) is 12.2 Å². The van der Waals surface area contributed by atoms with E-state index >= 15 is 0 Å². The number of hydrogen-bond donors (Lipinski definition) is 1. The lowest BCUT2D eigenvalue weighted by Crippen LogP contribution is -2.03. The highest BCUT2D eigenvalue weighted by Crippen LogP contribution is 2.21. The van der Waals surface area contributed by atoms with Gasteiger partial charge in [-0.15, -0.1) is 0 Å². The van der Waals surface area contributed by atoms with E-state index in [-0.39, 0.29) is 0 Å². The molecule has 1 N–H and O–H groups in total. The molecule has 13 heavy (non-hydrogen) atoms. The highest BCUT2D eigenvalue weighted by atomic mass is 79.9. The Morgan fingerprint density at radius 3 is 3.15 bits per heavy atom. The van der Waals surface area contributed by atoms with Gasteiger partial charge in [0.25, 0.3) is 0 Å². The number of aromatic nitrogens is 1.